The van der Waals surface area contributed by atoms with Crippen LogP contribution in [-0.4, -0.2) is 54.5 Å². The van der Waals surface area contributed by atoms with Gasteiger partial charge in [-0.25, -0.2) is 0 Å². The van der Waals surface area contributed by atoms with Crippen molar-refractivity contribution in [2.24, 2.45) is 0 Å². The Hall–Kier alpha value is 2.16. The molecule has 0 heterocycles. The summed E-state index contributed by atoms with van der Waals surface area (Å²) in [5, 5.41) is 0. The van der Waals surface area contributed by atoms with Crippen LogP contribution in [0.5, 0.6) is 0 Å². The second-order valence-corrected chi connectivity index (χ2v) is 1.50. The summed E-state index contributed by atoms with van der Waals surface area (Å²) in [6.45, 7) is 0. The van der Waals surface area contributed by atoms with E-state index in [1.54, 1.807) is 0 Å². The molecule has 7 heteroatoms. The number of hydrogen-bond acceptors (Lipinski definition) is 4. The molecule has 0 saturated heterocycles. The first-order valence-electron chi connectivity index (χ1n) is 0.816. The van der Waals surface area contributed by atoms with Crippen molar-refractivity contribution in [3.05, 3.63) is 0 Å². The van der Waals surface area contributed by atoms with Crippen LogP contribution in [0.25, 0.3) is 0 Å². The Kier molecular flexibility index (Phi) is 14.4. The van der Waals surface area contributed by atoms with Crippen molar-refractivity contribution in [3.63, 3.8) is 0 Å². The second kappa shape index (κ2) is 6.28. The zero-order valence-electron chi connectivity index (χ0n) is 3.55. The zero-order chi connectivity index (χ0) is 4.50. The molecule has 0 aliphatic rings. The van der Waals surface area contributed by atoms with E-state index in [1.165, 1.54) is 0 Å². The van der Waals surface area contributed by atoms with Gasteiger partial charge in [-0.15, -0.1) is 0 Å². The van der Waals surface area contributed by atoms with E-state index in [-0.39, 0.29) is 65.0 Å². The Bertz CT molecular complexity index is 27.2. The summed E-state index contributed by atoms with van der Waals surface area (Å²) in [6.07, 6.45) is 0. The second-order valence-electron chi connectivity index (χ2n) is 0.500. The van der Waals surface area contributed by atoms with Gasteiger partial charge in [0.05, 0.1) is 0 Å². The minimum absolute atomic E-state index is 0. The molecule has 0 N–H and O–H groups in total. The molecule has 0 amide bonds. The Balaban J connectivity index is -0.0000000800. The maximum atomic E-state index is 8.58. The van der Waals surface area contributed by atoms with E-state index in [0.29, 0.717) is 0 Å². The molecular formula is O4SiSrZn. The summed E-state index contributed by atoms with van der Waals surface area (Å²) in [6, 6.07) is 0. The summed E-state index contributed by atoms with van der Waals surface area (Å²) >= 11 is 0. The first-order valence-corrected chi connectivity index (χ1v) is 2.45. The van der Waals surface area contributed by atoms with Crippen LogP contribution in [0.2, 0.25) is 0 Å². The Morgan fingerprint density at radius 2 is 0.857 bits per heavy atom. The quantitative estimate of drug-likeness (QED) is 0.398. The fraction of sp³-hybridized carbons (Fsp3) is 0. The molecule has 32 valence electrons. The predicted molar refractivity (Wildman–Crippen MR) is 11.5 cm³/mol. The summed E-state index contributed by atoms with van der Waals surface area (Å²) in [5.74, 6) is 0. The Labute approximate surface area is 91.7 Å². The topological polar surface area (TPSA) is 92.2 Å². The van der Waals surface area contributed by atoms with E-state index in [0.717, 1.165) is 0 Å². The third-order valence-corrected chi connectivity index (χ3v) is 0. The van der Waals surface area contributed by atoms with Crippen LogP contribution in [0.3, 0.4) is 0 Å². The molecular weight excluding hydrogens is 245 g/mol. The average molecular weight is 245 g/mol. The van der Waals surface area contributed by atoms with Crippen LogP contribution in [0.4, 0.5) is 0 Å². The predicted octanol–water partition coefficient (Wildman–Crippen LogP) is -5.52. The first kappa shape index (κ1) is 16.1. The van der Waals surface area contributed by atoms with Crippen LogP contribution >= 0.6 is 0 Å². The van der Waals surface area contributed by atoms with Crippen LogP contribution in [0, 0.1) is 0 Å². The fourth-order valence-electron chi connectivity index (χ4n) is 0. The van der Waals surface area contributed by atoms with Crippen LogP contribution in [-0.2, 0) is 19.5 Å². The zero-order valence-corrected chi connectivity index (χ0v) is 11.0. The molecule has 0 saturated carbocycles. The van der Waals surface area contributed by atoms with Gasteiger partial charge in [-0.1, -0.05) is 0 Å². The van der Waals surface area contributed by atoms with Gasteiger partial charge in [-0.3, -0.25) is 0 Å². The van der Waals surface area contributed by atoms with Crippen LogP contribution in [0.15, 0.2) is 0 Å². The third-order valence-electron chi connectivity index (χ3n) is 0. The smallest absolute Gasteiger partial charge is 0.894 e. The van der Waals surface area contributed by atoms with Crippen LogP contribution < -0.4 is 19.2 Å². The van der Waals surface area contributed by atoms with Gasteiger partial charge in [0.15, 0.2) is 0 Å². The maximum Gasteiger partial charge on any atom is 2.00 e. The van der Waals surface area contributed by atoms with Gasteiger partial charge < -0.3 is 28.2 Å². The van der Waals surface area contributed by atoms with Gasteiger partial charge in [-0.05, 0) is 0 Å². The average Bonchev–Trinajstić information content (AvgIpc) is 0.722. The minimum atomic E-state index is -5.61. The van der Waals surface area contributed by atoms with E-state index in [4.69, 9.17) is 19.2 Å². The van der Waals surface area contributed by atoms with Gasteiger partial charge in [0.2, 0.25) is 0 Å². The SMILES string of the molecule is [O-][Si]([O-])([O-])[O-].[Sr+2].[Zn+2]. The Morgan fingerprint density at radius 3 is 0.857 bits per heavy atom. The molecule has 0 aromatic heterocycles. The standard InChI is InChI=1S/O4Si.Sr.Zn/c1-5(2,3)4;;/q-4;2*+2. The van der Waals surface area contributed by atoms with Gasteiger partial charge in [0.25, 0.3) is 0 Å². The third kappa shape index (κ3) is 66.3. The molecule has 0 rings (SSSR count). The summed E-state index contributed by atoms with van der Waals surface area (Å²) in [5.41, 5.74) is 0. The van der Waals surface area contributed by atoms with Gasteiger partial charge in [0, 0.05) is 0 Å². The van der Waals surface area contributed by atoms with Crippen molar-refractivity contribution in [2.45, 2.75) is 0 Å². The largest absolute Gasteiger partial charge is 2.00 e. The first-order chi connectivity index (χ1) is 2.00. The summed E-state index contributed by atoms with van der Waals surface area (Å²) < 4.78 is 0. The molecule has 4 nitrogen and oxygen atoms in total. The molecule has 0 atom stereocenters. The van der Waals surface area contributed by atoms with Crippen molar-refractivity contribution in [1.29, 1.82) is 0 Å². The number of rotatable bonds is 0. The van der Waals surface area contributed by atoms with E-state index in [1.807, 2.05) is 0 Å². The minimum Gasteiger partial charge on any atom is -0.894 e. The van der Waals surface area contributed by atoms with Gasteiger partial charge in [0.1, 0.15) is 0 Å². The molecule has 7 heavy (non-hydrogen) atoms. The molecule has 0 aliphatic carbocycles. The van der Waals surface area contributed by atoms with Crippen molar-refractivity contribution in [3.8, 4) is 0 Å². The van der Waals surface area contributed by atoms with Crippen molar-refractivity contribution in [1.82, 2.24) is 0 Å². The van der Waals surface area contributed by atoms with Crippen LogP contribution in [0.1, 0.15) is 0 Å². The van der Waals surface area contributed by atoms with Crippen molar-refractivity contribution >= 4 is 54.5 Å². The fourth-order valence-corrected chi connectivity index (χ4v) is 0. The summed E-state index contributed by atoms with van der Waals surface area (Å²) in [7, 11) is -5.61. The van der Waals surface area contributed by atoms with Gasteiger partial charge in [-0.2, -0.15) is 0 Å². The van der Waals surface area contributed by atoms with Crippen molar-refractivity contribution in [2.75, 3.05) is 0 Å². The molecule has 0 spiro atoms. The monoisotopic (exact) mass is 244 g/mol. The molecule has 0 fully saturated rings. The normalized spacial score (nSPS) is 8.57. The van der Waals surface area contributed by atoms with Crippen molar-refractivity contribution < 1.29 is 38.7 Å². The van der Waals surface area contributed by atoms with E-state index in [9.17, 15) is 0 Å². The van der Waals surface area contributed by atoms with Gasteiger partial charge >= 0.3 is 65.0 Å². The molecule has 0 aromatic carbocycles. The molecule has 0 aromatic rings. The van der Waals surface area contributed by atoms with E-state index < -0.39 is 9.05 Å². The number of hydrogen-bond donors (Lipinski definition) is 0. The Morgan fingerprint density at radius 1 is 0.857 bits per heavy atom. The molecule has 0 unspecified atom stereocenters. The summed E-state index contributed by atoms with van der Waals surface area (Å²) in [4.78, 5) is 34.3. The maximum absolute atomic E-state index is 8.58. The van der Waals surface area contributed by atoms with E-state index in [2.05, 4.69) is 0 Å². The molecule has 0 radical (unpaired) electrons. The molecule has 0 aliphatic heterocycles. The van der Waals surface area contributed by atoms with E-state index >= 15 is 0 Å². The molecule has 0 bridgehead atoms.